The van der Waals surface area contributed by atoms with Crippen molar-refractivity contribution in [1.29, 1.82) is 0 Å². The van der Waals surface area contributed by atoms with Crippen LogP contribution in [0.2, 0.25) is 0 Å². The number of nitrogens with zero attached hydrogens (tertiary/aromatic N) is 1. The quantitative estimate of drug-likeness (QED) is 0.823. The van der Waals surface area contributed by atoms with Gasteiger partial charge in [-0.25, -0.2) is 4.98 Å². The second kappa shape index (κ2) is 4.07. The van der Waals surface area contributed by atoms with Crippen molar-refractivity contribution in [2.24, 2.45) is 11.1 Å². The van der Waals surface area contributed by atoms with E-state index in [1.807, 2.05) is 23.1 Å². The van der Waals surface area contributed by atoms with E-state index in [0.717, 1.165) is 17.2 Å². The van der Waals surface area contributed by atoms with E-state index in [-0.39, 0.29) is 11.5 Å². The van der Waals surface area contributed by atoms with E-state index in [0.29, 0.717) is 0 Å². The molecular formula is C11H18N2S2. The van der Waals surface area contributed by atoms with Crippen LogP contribution in [0.25, 0.3) is 0 Å². The molecule has 0 aromatic carbocycles. The van der Waals surface area contributed by atoms with Gasteiger partial charge in [-0.1, -0.05) is 20.8 Å². The zero-order valence-corrected chi connectivity index (χ0v) is 11.2. The molecule has 0 radical (unpaired) electrons. The number of hydrogen-bond donors (Lipinski definition) is 1. The maximum absolute atomic E-state index is 6.23. The smallest absolute Gasteiger partial charge is 0.110 e. The molecule has 0 fully saturated rings. The molecule has 0 saturated carbocycles. The minimum Gasteiger partial charge on any atom is -0.322 e. The van der Waals surface area contributed by atoms with Crippen LogP contribution in [0.15, 0.2) is 0 Å². The molecule has 0 saturated heterocycles. The average molecular weight is 242 g/mol. The third-order valence-electron chi connectivity index (χ3n) is 2.71. The highest BCUT2D eigenvalue weighted by Crippen LogP contribution is 2.36. The first-order chi connectivity index (χ1) is 6.98. The van der Waals surface area contributed by atoms with Crippen LogP contribution in [-0.4, -0.2) is 10.7 Å². The number of thioether (sulfide) groups is 1. The van der Waals surface area contributed by atoms with Gasteiger partial charge >= 0.3 is 0 Å². The molecule has 0 bridgehead atoms. The molecule has 0 amide bonds. The summed E-state index contributed by atoms with van der Waals surface area (Å²) in [6.45, 7) is 6.52. The van der Waals surface area contributed by atoms with E-state index in [9.17, 15) is 0 Å². The van der Waals surface area contributed by atoms with Gasteiger partial charge in [0.05, 0.1) is 11.7 Å². The molecule has 0 aliphatic carbocycles. The van der Waals surface area contributed by atoms with Gasteiger partial charge in [0.2, 0.25) is 0 Å². The molecule has 1 atom stereocenters. The number of aryl methyl sites for hydroxylation is 1. The van der Waals surface area contributed by atoms with E-state index < -0.39 is 0 Å². The molecule has 2 rings (SSSR count). The van der Waals surface area contributed by atoms with Crippen molar-refractivity contribution >= 4 is 23.1 Å². The largest absolute Gasteiger partial charge is 0.322 e. The lowest BCUT2D eigenvalue weighted by molar-refractivity contribution is 0.326. The molecule has 1 aromatic heterocycles. The minimum absolute atomic E-state index is 0.0677. The van der Waals surface area contributed by atoms with Gasteiger partial charge in [-0.05, 0) is 17.6 Å². The lowest BCUT2D eigenvalue weighted by atomic mass is 9.88. The summed E-state index contributed by atoms with van der Waals surface area (Å²) in [5.41, 5.74) is 7.63. The summed E-state index contributed by atoms with van der Waals surface area (Å²) in [6, 6.07) is 0.0677. The van der Waals surface area contributed by atoms with Crippen molar-refractivity contribution in [2.45, 2.75) is 39.0 Å². The molecule has 1 aliphatic rings. The highest BCUT2D eigenvalue weighted by Gasteiger charge is 2.27. The van der Waals surface area contributed by atoms with Gasteiger partial charge in [0, 0.05) is 10.6 Å². The Morgan fingerprint density at radius 2 is 2.13 bits per heavy atom. The topological polar surface area (TPSA) is 38.9 Å². The van der Waals surface area contributed by atoms with E-state index in [1.54, 1.807) is 0 Å². The molecule has 1 unspecified atom stereocenters. The monoisotopic (exact) mass is 242 g/mol. The number of thiazole rings is 1. The minimum atomic E-state index is 0.0677. The van der Waals surface area contributed by atoms with Crippen molar-refractivity contribution < 1.29 is 0 Å². The first-order valence-electron chi connectivity index (χ1n) is 5.30. The predicted molar refractivity (Wildman–Crippen MR) is 68.4 cm³/mol. The van der Waals surface area contributed by atoms with Gasteiger partial charge in [-0.2, -0.15) is 11.8 Å². The third-order valence-corrected chi connectivity index (χ3v) is 5.06. The molecule has 1 aromatic rings. The summed E-state index contributed by atoms with van der Waals surface area (Å²) in [5, 5.41) is 1.12. The molecule has 4 heteroatoms. The van der Waals surface area contributed by atoms with Crippen molar-refractivity contribution in [1.82, 2.24) is 4.98 Å². The fourth-order valence-electron chi connectivity index (χ4n) is 1.55. The standard InChI is InChI=1S/C11H18N2S2/c1-11(2,3)9(12)10-13-7-4-5-14-6-8(7)15-10/h9H,4-6,12H2,1-3H3. The summed E-state index contributed by atoms with van der Waals surface area (Å²) in [4.78, 5) is 6.14. The van der Waals surface area contributed by atoms with Crippen LogP contribution in [0.5, 0.6) is 0 Å². The van der Waals surface area contributed by atoms with Gasteiger partial charge < -0.3 is 5.73 Å². The first-order valence-corrected chi connectivity index (χ1v) is 7.27. The molecule has 2 nitrogen and oxygen atoms in total. The first kappa shape index (κ1) is 11.4. The summed E-state index contributed by atoms with van der Waals surface area (Å²) in [7, 11) is 0. The number of hydrogen-bond acceptors (Lipinski definition) is 4. The van der Waals surface area contributed by atoms with Gasteiger partial charge in [-0.3, -0.25) is 0 Å². The van der Waals surface area contributed by atoms with Gasteiger partial charge in [0.1, 0.15) is 5.01 Å². The van der Waals surface area contributed by atoms with Crippen LogP contribution in [0.4, 0.5) is 0 Å². The fourth-order valence-corrected chi connectivity index (χ4v) is 4.02. The summed E-state index contributed by atoms with van der Waals surface area (Å²) >= 11 is 3.81. The third kappa shape index (κ3) is 2.37. The van der Waals surface area contributed by atoms with Crippen LogP contribution < -0.4 is 5.73 Å². The van der Waals surface area contributed by atoms with Crippen molar-refractivity contribution in [3.63, 3.8) is 0 Å². The number of nitrogens with two attached hydrogens (primary N) is 1. The zero-order chi connectivity index (χ0) is 11.1. The molecule has 2 N–H and O–H groups in total. The van der Waals surface area contributed by atoms with Gasteiger partial charge in [0.15, 0.2) is 0 Å². The molecule has 15 heavy (non-hydrogen) atoms. The van der Waals surface area contributed by atoms with E-state index in [1.165, 1.54) is 16.3 Å². The maximum atomic E-state index is 6.23. The Balaban J connectivity index is 2.26. The van der Waals surface area contributed by atoms with Crippen LogP contribution in [0, 0.1) is 5.41 Å². The number of fused-ring (bicyclic) bond motifs is 1. The number of aromatic nitrogens is 1. The molecule has 2 heterocycles. The van der Waals surface area contributed by atoms with Crippen LogP contribution in [0.1, 0.15) is 42.4 Å². The lowest BCUT2D eigenvalue weighted by Crippen LogP contribution is -2.26. The Hall–Kier alpha value is -0.0600. The van der Waals surface area contributed by atoms with Crippen molar-refractivity contribution in [3.05, 3.63) is 15.6 Å². The molecule has 84 valence electrons. The van der Waals surface area contributed by atoms with Crippen molar-refractivity contribution in [3.8, 4) is 0 Å². The summed E-state index contributed by atoms with van der Waals surface area (Å²) in [6.07, 6.45) is 1.12. The van der Waals surface area contributed by atoms with Crippen LogP contribution in [0.3, 0.4) is 0 Å². The Morgan fingerprint density at radius 3 is 2.73 bits per heavy atom. The van der Waals surface area contributed by atoms with Gasteiger partial charge in [0.25, 0.3) is 0 Å². The van der Waals surface area contributed by atoms with Crippen LogP contribution >= 0.6 is 23.1 Å². The van der Waals surface area contributed by atoms with Crippen molar-refractivity contribution in [2.75, 3.05) is 5.75 Å². The molecule has 0 spiro atoms. The maximum Gasteiger partial charge on any atom is 0.110 e. The zero-order valence-electron chi connectivity index (χ0n) is 9.54. The predicted octanol–water partition coefficient (Wildman–Crippen LogP) is 2.98. The Kier molecular flexibility index (Phi) is 3.10. The van der Waals surface area contributed by atoms with E-state index in [4.69, 9.17) is 10.7 Å². The highest BCUT2D eigenvalue weighted by molar-refractivity contribution is 7.98. The molecular weight excluding hydrogens is 224 g/mol. The fraction of sp³-hybridized carbons (Fsp3) is 0.727. The SMILES string of the molecule is CC(C)(C)C(N)c1nc2c(s1)CSCC2. The highest BCUT2D eigenvalue weighted by atomic mass is 32.2. The van der Waals surface area contributed by atoms with Crippen LogP contribution in [-0.2, 0) is 12.2 Å². The second-order valence-corrected chi connectivity index (χ2v) is 7.29. The normalized spacial score (nSPS) is 18.7. The Bertz CT molecular complexity index is 328. The number of rotatable bonds is 1. The Morgan fingerprint density at radius 1 is 1.40 bits per heavy atom. The lowest BCUT2D eigenvalue weighted by Gasteiger charge is -2.24. The average Bonchev–Trinajstić information content (AvgIpc) is 2.58. The van der Waals surface area contributed by atoms with E-state index >= 15 is 0 Å². The molecule has 1 aliphatic heterocycles. The van der Waals surface area contributed by atoms with Gasteiger partial charge in [-0.15, -0.1) is 11.3 Å². The van der Waals surface area contributed by atoms with E-state index in [2.05, 4.69) is 20.8 Å². The second-order valence-electron chi connectivity index (χ2n) is 5.07. The summed E-state index contributed by atoms with van der Waals surface area (Å²) in [5.74, 6) is 2.34. The summed E-state index contributed by atoms with van der Waals surface area (Å²) < 4.78 is 0. The Labute approximate surface area is 99.7 Å².